The van der Waals surface area contributed by atoms with Gasteiger partial charge in [0.05, 0.1) is 0 Å². The maximum atomic E-state index is 3.75. The van der Waals surface area contributed by atoms with Gasteiger partial charge in [0.25, 0.3) is 0 Å². The van der Waals surface area contributed by atoms with Crippen LogP contribution in [-0.4, -0.2) is 42.6 Å². The molecule has 21 heavy (non-hydrogen) atoms. The molecule has 0 radical (unpaired) electrons. The molecule has 1 heterocycles. The van der Waals surface area contributed by atoms with Gasteiger partial charge in [0.15, 0.2) is 0 Å². The first kappa shape index (κ1) is 16.9. The fourth-order valence-corrected chi connectivity index (χ4v) is 4.33. The molecular formula is C18H30N2S. The zero-order valence-corrected chi connectivity index (χ0v) is 14.6. The Hall–Kier alpha value is -0.510. The van der Waals surface area contributed by atoms with E-state index in [1.165, 1.54) is 29.9 Å². The van der Waals surface area contributed by atoms with Crippen molar-refractivity contribution in [2.75, 3.05) is 31.6 Å². The number of nitrogens with zero attached hydrogens (tertiary/aromatic N) is 1. The van der Waals surface area contributed by atoms with Crippen molar-refractivity contribution in [3.8, 4) is 0 Å². The predicted octanol–water partition coefficient (Wildman–Crippen LogP) is 3.63. The van der Waals surface area contributed by atoms with Crippen molar-refractivity contribution >= 4 is 11.8 Å². The van der Waals surface area contributed by atoms with Crippen molar-refractivity contribution in [3.05, 3.63) is 35.9 Å². The monoisotopic (exact) mass is 306 g/mol. The minimum absolute atomic E-state index is 0.505. The molecule has 1 fully saturated rings. The zero-order valence-electron chi connectivity index (χ0n) is 13.8. The Balaban J connectivity index is 1.59. The second-order valence-electron chi connectivity index (χ2n) is 7.11. The largest absolute Gasteiger partial charge is 0.313 e. The Morgan fingerprint density at radius 2 is 2.05 bits per heavy atom. The molecule has 1 N–H and O–H groups in total. The quantitative estimate of drug-likeness (QED) is 0.775. The summed E-state index contributed by atoms with van der Waals surface area (Å²) < 4.78 is 0. The van der Waals surface area contributed by atoms with Crippen molar-refractivity contribution in [2.45, 2.75) is 39.3 Å². The van der Waals surface area contributed by atoms with Crippen molar-refractivity contribution in [1.29, 1.82) is 0 Å². The molecule has 1 saturated heterocycles. The van der Waals surface area contributed by atoms with Crippen LogP contribution < -0.4 is 5.32 Å². The van der Waals surface area contributed by atoms with Crippen LogP contribution in [0.3, 0.4) is 0 Å². The van der Waals surface area contributed by atoms with Gasteiger partial charge in [-0.05, 0) is 49.7 Å². The van der Waals surface area contributed by atoms with Gasteiger partial charge in [-0.25, -0.2) is 0 Å². The first-order valence-electron chi connectivity index (χ1n) is 8.09. The highest BCUT2D eigenvalue weighted by molar-refractivity contribution is 7.99. The molecule has 0 bridgehead atoms. The number of benzene rings is 1. The minimum atomic E-state index is 0.505. The Morgan fingerprint density at radius 3 is 2.76 bits per heavy atom. The van der Waals surface area contributed by atoms with E-state index >= 15 is 0 Å². The minimum Gasteiger partial charge on any atom is -0.313 e. The van der Waals surface area contributed by atoms with E-state index in [0.29, 0.717) is 11.5 Å². The number of hydrogen-bond donors (Lipinski definition) is 1. The highest BCUT2D eigenvalue weighted by Crippen LogP contribution is 2.33. The lowest BCUT2D eigenvalue weighted by Crippen LogP contribution is -2.41. The summed E-state index contributed by atoms with van der Waals surface area (Å²) in [6.45, 7) is 8.13. The van der Waals surface area contributed by atoms with Crippen molar-refractivity contribution in [1.82, 2.24) is 10.2 Å². The first-order chi connectivity index (χ1) is 10.1. The average molecular weight is 307 g/mol. The van der Waals surface area contributed by atoms with Crippen LogP contribution in [0.25, 0.3) is 0 Å². The fourth-order valence-electron chi connectivity index (χ4n) is 3.02. The van der Waals surface area contributed by atoms with Gasteiger partial charge < -0.3 is 10.2 Å². The van der Waals surface area contributed by atoms with Crippen LogP contribution in [0.1, 0.15) is 32.3 Å². The van der Waals surface area contributed by atoms with Gasteiger partial charge in [-0.15, -0.1) is 0 Å². The van der Waals surface area contributed by atoms with Crippen LogP contribution in [0.2, 0.25) is 0 Å². The van der Waals surface area contributed by atoms with Crippen LogP contribution in [0.5, 0.6) is 0 Å². The molecule has 1 aliphatic rings. The van der Waals surface area contributed by atoms with Gasteiger partial charge in [0.1, 0.15) is 0 Å². The van der Waals surface area contributed by atoms with E-state index in [1.54, 1.807) is 0 Å². The van der Waals surface area contributed by atoms with E-state index in [0.717, 1.165) is 19.6 Å². The second kappa shape index (κ2) is 8.21. The summed E-state index contributed by atoms with van der Waals surface area (Å²) in [5.74, 6) is 2.59. The van der Waals surface area contributed by atoms with Crippen LogP contribution >= 0.6 is 11.8 Å². The molecule has 1 unspecified atom stereocenters. The third-order valence-corrected chi connectivity index (χ3v) is 5.68. The average Bonchev–Trinajstić information content (AvgIpc) is 2.44. The number of rotatable bonds is 7. The first-order valence-corrected chi connectivity index (χ1v) is 9.24. The molecule has 1 aliphatic heterocycles. The van der Waals surface area contributed by atoms with Crippen molar-refractivity contribution < 1.29 is 0 Å². The lowest BCUT2D eigenvalue weighted by molar-refractivity contribution is 0.297. The van der Waals surface area contributed by atoms with Crippen molar-refractivity contribution in [3.63, 3.8) is 0 Å². The normalized spacial score (nSPS) is 21.6. The van der Waals surface area contributed by atoms with Crippen molar-refractivity contribution in [2.24, 2.45) is 5.41 Å². The van der Waals surface area contributed by atoms with Gasteiger partial charge in [0.2, 0.25) is 0 Å². The van der Waals surface area contributed by atoms with Crippen LogP contribution in [0, 0.1) is 5.41 Å². The van der Waals surface area contributed by atoms with E-state index in [4.69, 9.17) is 0 Å². The molecule has 1 aromatic rings. The molecule has 1 atom stereocenters. The van der Waals surface area contributed by atoms with Gasteiger partial charge >= 0.3 is 0 Å². The standard InChI is InChI=1S/C18H30N2S/c1-18(2)12-17(14-21-15-18)19-10-7-11-20(3)13-16-8-5-4-6-9-16/h4-6,8-9,17,19H,7,10-15H2,1-3H3. The Bertz CT molecular complexity index is 405. The third kappa shape index (κ3) is 6.41. The number of hydrogen-bond acceptors (Lipinski definition) is 3. The van der Waals surface area contributed by atoms with Crippen LogP contribution in [0.4, 0.5) is 0 Å². The Morgan fingerprint density at radius 1 is 1.29 bits per heavy atom. The fraction of sp³-hybridized carbons (Fsp3) is 0.667. The topological polar surface area (TPSA) is 15.3 Å². The zero-order chi connectivity index (χ0) is 15.1. The molecule has 0 aromatic heterocycles. The van der Waals surface area contributed by atoms with Crippen LogP contribution in [-0.2, 0) is 6.54 Å². The smallest absolute Gasteiger partial charge is 0.0230 e. The highest BCUT2D eigenvalue weighted by Gasteiger charge is 2.27. The predicted molar refractivity (Wildman–Crippen MR) is 94.9 cm³/mol. The summed E-state index contributed by atoms with van der Waals surface area (Å²) in [6, 6.07) is 11.4. The Labute approximate surface area is 134 Å². The Kier molecular flexibility index (Phi) is 6.59. The molecule has 0 amide bonds. The highest BCUT2D eigenvalue weighted by atomic mass is 32.2. The third-order valence-electron chi connectivity index (χ3n) is 4.06. The van der Waals surface area contributed by atoms with Crippen LogP contribution in [0.15, 0.2) is 30.3 Å². The van der Waals surface area contributed by atoms with Gasteiger partial charge in [-0.3, -0.25) is 0 Å². The van der Waals surface area contributed by atoms with E-state index in [2.05, 4.69) is 73.2 Å². The molecule has 118 valence electrons. The number of nitrogens with one attached hydrogen (secondary N) is 1. The molecule has 2 nitrogen and oxygen atoms in total. The lowest BCUT2D eigenvalue weighted by Gasteiger charge is -2.35. The summed E-state index contributed by atoms with van der Waals surface area (Å²) >= 11 is 2.10. The van der Waals surface area contributed by atoms with Gasteiger partial charge in [-0.1, -0.05) is 44.2 Å². The summed E-state index contributed by atoms with van der Waals surface area (Å²) in [4.78, 5) is 2.41. The summed E-state index contributed by atoms with van der Waals surface area (Å²) in [5.41, 5.74) is 1.91. The molecule has 1 aromatic carbocycles. The summed E-state index contributed by atoms with van der Waals surface area (Å²) in [7, 11) is 2.21. The lowest BCUT2D eigenvalue weighted by atomic mass is 9.88. The molecule has 0 saturated carbocycles. The van der Waals surface area contributed by atoms with E-state index in [-0.39, 0.29) is 0 Å². The molecule has 2 rings (SSSR count). The molecular weight excluding hydrogens is 276 g/mol. The molecule has 3 heteroatoms. The maximum absolute atomic E-state index is 3.75. The maximum Gasteiger partial charge on any atom is 0.0230 e. The molecule has 0 spiro atoms. The summed E-state index contributed by atoms with van der Waals surface area (Å²) in [6.07, 6.45) is 2.55. The van der Waals surface area contributed by atoms with E-state index < -0.39 is 0 Å². The molecule has 0 aliphatic carbocycles. The SMILES string of the molecule is CN(CCCNC1CSCC(C)(C)C1)Cc1ccccc1. The second-order valence-corrected chi connectivity index (χ2v) is 8.14. The van der Waals surface area contributed by atoms with Gasteiger partial charge in [0, 0.05) is 18.3 Å². The summed E-state index contributed by atoms with van der Waals surface area (Å²) in [5, 5.41) is 3.75. The number of thioether (sulfide) groups is 1. The van der Waals surface area contributed by atoms with E-state index in [1.807, 2.05) is 0 Å². The van der Waals surface area contributed by atoms with Gasteiger partial charge in [-0.2, -0.15) is 11.8 Å². The van der Waals surface area contributed by atoms with E-state index in [9.17, 15) is 0 Å².